The van der Waals surface area contributed by atoms with Crippen LogP contribution in [0.2, 0.25) is 0 Å². The standard InChI is InChI=1S/C15H15NO2/c1-18-13-6-4-11(5-7-13)14-10-16-8-2-3-12(16)9-15(14)17/h2-7,10,12H,8-9H2,1H3. The molecule has 0 aromatic heterocycles. The molecule has 1 atom stereocenters. The van der Waals surface area contributed by atoms with E-state index in [1.807, 2.05) is 30.5 Å². The highest BCUT2D eigenvalue weighted by atomic mass is 16.5. The van der Waals surface area contributed by atoms with Crippen LogP contribution in [-0.4, -0.2) is 30.4 Å². The molecule has 1 unspecified atom stereocenters. The Hall–Kier alpha value is -2.03. The first-order chi connectivity index (χ1) is 8.78. The SMILES string of the molecule is COc1ccc(C2=CN3CC=CC3CC2=O)cc1. The van der Waals surface area contributed by atoms with E-state index in [0.29, 0.717) is 6.42 Å². The van der Waals surface area contributed by atoms with Crippen molar-refractivity contribution in [3.8, 4) is 5.75 Å². The third kappa shape index (κ3) is 1.82. The van der Waals surface area contributed by atoms with Gasteiger partial charge in [0.15, 0.2) is 5.78 Å². The highest BCUT2D eigenvalue weighted by Crippen LogP contribution is 2.29. The molecule has 2 aliphatic rings. The number of ether oxygens (including phenoxy) is 1. The third-order valence-electron chi connectivity index (χ3n) is 3.49. The van der Waals surface area contributed by atoms with Crippen LogP contribution in [0.3, 0.4) is 0 Å². The fourth-order valence-electron chi connectivity index (χ4n) is 2.46. The molecule has 3 heteroatoms. The van der Waals surface area contributed by atoms with Crippen molar-refractivity contribution in [2.45, 2.75) is 12.5 Å². The van der Waals surface area contributed by atoms with Gasteiger partial charge in [0.05, 0.1) is 13.2 Å². The van der Waals surface area contributed by atoms with E-state index in [0.717, 1.165) is 23.4 Å². The van der Waals surface area contributed by atoms with Crippen LogP contribution < -0.4 is 4.74 Å². The van der Waals surface area contributed by atoms with Crippen molar-refractivity contribution in [2.75, 3.05) is 13.7 Å². The summed E-state index contributed by atoms with van der Waals surface area (Å²) in [5.74, 6) is 1.02. The van der Waals surface area contributed by atoms with Crippen LogP contribution in [0.5, 0.6) is 5.75 Å². The molecule has 0 aliphatic carbocycles. The average Bonchev–Trinajstić information content (AvgIpc) is 2.85. The minimum atomic E-state index is 0.216. The number of rotatable bonds is 2. The lowest BCUT2D eigenvalue weighted by molar-refractivity contribution is -0.114. The molecule has 0 spiro atoms. The van der Waals surface area contributed by atoms with Crippen molar-refractivity contribution in [3.63, 3.8) is 0 Å². The van der Waals surface area contributed by atoms with E-state index in [1.54, 1.807) is 7.11 Å². The molecule has 92 valence electrons. The lowest BCUT2D eigenvalue weighted by atomic mass is 9.94. The van der Waals surface area contributed by atoms with Crippen molar-refractivity contribution in [2.24, 2.45) is 0 Å². The molecule has 3 nitrogen and oxygen atoms in total. The summed E-state index contributed by atoms with van der Waals surface area (Å²) in [5, 5.41) is 0. The van der Waals surface area contributed by atoms with Crippen LogP contribution in [-0.2, 0) is 4.79 Å². The fourth-order valence-corrected chi connectivity index (χ4v) is 2.46. The van der Waals surface area contributed by atoms with Gasteiger partial charge in [0, 0.05) is 24.7 Å². The molecule has 0 radical (unpaired) electrons. The first-order valence-corrected chi connectivity index (χ1v) is 6.10. The van der Waals surface area contributed by atoms with E-state index in [9.17, 15) is 4.79 Å². The summed E-state index contributed by atoms with van der Waals surface area (Å²) in [7, 11) is 1.64. The van der Waals surface area contributed by atoms with Gasteiger partial charge >= 0.3 is 0 Å². The van der Waals surface area contributed by atoms with Gasteiger partial charge in [-0.25, -0.2) is 0 Å². The van der Waals surface area contributed by atoms with Crippen LogP contribution in [0.4, 0.5) is 0 Å². The Morgan fingerprint density at radius 3 is 2.78 bits per heavy atom. The Bertz CT molecular complexity index is 528. The number of fused-ring (bicyclic) bond motifs is 1. The minimum absolute atomic E-state index is 0.216. The van der Waals surface area contributed by atoms with Crippen LogP contribution in [0.25, 0.3) is 5.57 Å². The van der Waals surface area contributed by atoms with Gasteiger partial charge in [0.1, 0.15) is 5.75 Å². The number of hydrogen-bond donors (Lipinski definition) is 0. The van der Waals surface area contributed by atoms with Crippen LogP contribution in [0, 0.1) is 0 Å². The molecule has 0 amide bonds. The number of methoxy groups -OCH3 is 1. The van der Waals surface area contributed by atoms with Crippen molar-refractivity contribution < 1.29 is 9.53 Å². The zero-order valence-corrected chi connectivity index (χ0v) is 10.3. The predicted molar refractivity (Wildman–Crippen MR) is 70.2 cm³/mol. The van der Waals surface area contributed by atoms with Gasteiger partial charge in [-0.15, -0.1) is 0 Å². The summed E-state index contributed by atoms with van der Waals surface area (Å²) in [4.78, 5) is 14.3. The maximum atomic E-state index is 12.1. The van der Waals surface area contributed by atoms with Crippen molar-refractivity contribution >= 4 is 11.4 Å². The molecule has 2 heterocycles. The quantitative estimate of drug-likeness (QED) is 0.744. The maximum absolute atomic E-state index is 12.1. The van der Waals surface area contributed by atoms with E-state index < -0.39 is 0 Å². The van der Waals surface area contributed by atoms with E-state index in [2.05, 4.69) is 17.1 Å². The topological polar surface area (TPSA) is 29.5 Å². The molecule has 18 heavy (non-hydrogen) atoms. The van der Waals surface area contributed by atoms with E-state index in [4.69, 9.17) is 4.74 Å². The second-order valence-electron chi connectivity index (χ2n) is 4.59. The Balaban J connectivity index is 1.92. The highest BCUT2D eigenvalue weighted by Gasteiger charge is 2.28. The van der Waals surface area contributed by atoms with E-state index in [1.165, 1.54) is 0 Å². The Labute approximate surface area is 106 Å². The first kappa shape index (κ1) is 11.1. The largest absolute Gasteiger partial charge is 0.497 e. The number of benzene rings is 1. The summed E-state index contributed by atoms with van der Waals surface area (Å²) in [6.45, 7) is 0.900. The summed E-state index contributed by atoms with van der Waals surface area (Å²) < 4.78 is 5.13. The van der Waals surface area contributed by atoms with Gasteiger partial charge in [0.25, 0.3) is 0 Å². The lowest BCUT2D eigenvalue weighted by Gasteiger charge is -2.28. The maximum Gasteiger partial charge on any atom is 0.167 e. The normalized spacial score (nSPS) is 21.8. The fraction of sp³-hybridized carbons (Fsp3) is 0.267. The van der Waals surface area contributed by atoms with Gasteiger partial charge in [-0.2, -0.15) is 0 Å². The zero-order chi connectivity index (χ0) is 12.5. The first-order valence-electron chi connectivity index (χ1n) is 6.10. The van der Waals surface area contributed by atoms with Gasteiger partial charge in [-0.05, 0) is 17.7 Å². The second-order valence-corrected chi connectivity index (χ2v) is 4.59. The van der Waals surface area contributed by atoms with Crippen molar-refractivity contribution in [1.29, 1.82) is 0 Å². The molecule has 3 rings (SSSR count). The molecule has 0 fully saturated rings. The van der Waals surface area contributed by atoms with Gasteiger partial charge in [-0.1, -0.05) is 24.3 Å². The smallest absolute Gasteiger partial charge is 0.167 e. The molecule has 0 bridgehead atoms. The number of hydrogen-bond acceptors (Lipinski definition) is 3. The van der Waals surface area contributed by atoms with Gasteiger partial charge < -0.3 is 9.64 Å². The molecule has 1 aromatic rings. The van der Waals surface area contributed by atoms with Crippen LogP contribution in [0.1, 0.15) is 12.0 Å². The number of allylic oxidation sites excluding steroid dienone is 1. The average molecular weight is 241 g/mol. The molecular weight excluding hydrogens is 226 g/mol. The minimum Gasteiger partial charge on any atom is -0.497 e. The summed E-state index contributed by atoms with van der Waals surface area (Å²) in [6, 6.07) is 7.91. The zero-order valence-electron chi connectivity index (χ0n) is 10.3. The molecule has 2 aliphatic heterocycles. The predicted octanol–water partition coefficient (Wildman–Crippen LogP) is 2.25. The van der Waals surface area contributed by atoms with E-state index in [-0.39, 0.29) is 11.8 Å². The van der Waals surface area contributed by atoms with Gasteiger partial charge in [-0.3, -0.25) is 4.79 Å². The number of ketones is 1. The van der Waals surface area contributed by atoms with Crippen molar-refractivity contribution in [3.05, 3.63) is 48.2 Å². The monoisotopic (exact) mass is 241 g/mol. The van der Waals surface area contributed by atoms with Crippen LogP contribution in [0.15, 0.2) is 42.6 Å². The van der Waals surface area contributed by atoms with Crippen LogP contribution >= 0.6 is 0 Å². The van der Waals surface area contributed by atoms with Gasteiger partial charge in [0.2, 0.25) is 0 Å². The molecule has 1 aromatic carbocycles. The number of Topliss-reactive ketones (excluding diaryl/α,β-unsaturated/α-hetero) is 1. The Morgan fingerprint density at radius 2 is 2.06 bits per heavy atom. The third-order valence-corrected chi connectivity index (χ3v) is 3.49. The Morgan fingerprint density at radius 1 is 1.28 bits per heavy atom. The molecular formula is C15H15NO2. The highest BCUT2D eigenvalue weighted by molar-refractivity contribution is 6.21. The summed E-state index contributed by atoms with van der Waals surface area (Å²) in [6.07, 6.45) is 6.79. The Kier molecular flexibility index (Phi) is 2.67. The number of nitrogens with zero attached hydrogens (tertiary/aromatic N) is 1. The summed E-state index contributed by atoms with van der Waals surface area (Å²) >= 11 is 0. The number of carbonyl (C=O) groups excluding carboxylic acids is 1. The van der Waals surface area contributed by atoms with E-state index >= 15 is 0 Å². The van der Waals surface area contributed by atoms with Crippen molar-refractivity contribution in [1.82, 2.24) is 4.90 Å². The summed E-state index contributed by atoms with van der Waals surface area (Å²) in [5.41, 5.74) is 1.77. The second kappa shape index (κ2) is 4.33. The molecule has 0 N–H and O–H groups in total. The lowest BCUT2D eigenvalue weighted by Crippen LogP contribution is -2.32. The molecule has 0 saturated carbocycles. The molecule has 0 saturated heterocycles. The number of carbonyl (C=O) groups is 1.